The first-order valence-corrected chi connectivity index (χ1v) is 13.6. The molecule has 0 aliphatic carbocycles. The summed E-state index contributed by atoms with van der Waals surface area (Å²) in [4.78, 5) is 25.8. The van der Waals surface area contributed by atoms with Crippen LogP contribution in [0.5, 0.6) is 11.5 Å². The van der Waals surface area contributed by atoms with Gasteiger partial charge >= 0.3 is 0 Å². The fourth-order valence-electron chi connectivity index (χ4n) is 5.08. The molecule has 0 unspecified atom stereocenters. The van der Waals surface area contributed by atoms with Gasteiger partial charge in [-0.15, -0.1) is 0 Å². The fraction of sp³-hybridized carbons (Fsp3) is 0.152. The Morgan fingerprint density at radius 3 is 2.43 bits per heavy atom. The van der Waals surface area contributed by atoms with Crippen LogP contribution in [0, 0.1) is 11.3 Å². The van der Waals surface area contributed by atoms with E-state index in [0.717, 1.165) is 52.4 Å². The summed E-state index contributed by atoms with van der Waals surface area (Å²) in [5.41, 5.74) is 10.5. The van der Waals surface area contributed by atoms with E-state index >= 15 is 0 Å². The van der Waals surface area contributed by atoms with E-state index in [1.54, 1.807) is 11.0 Å². The number of nitriles is 1. The molecule has 1 fully saturated rings. The molecule has 1 amide bonds. The van der Waals surface area contributed by atoms with Crippen molar-refractivity contribution >= 4 is 28.8 Å². The molecule has 0 radical (unpaired) electrons. The first-order valence-electron chi connectivity index (χ1n) is 13.6. The molecule has 2 N–H and O–H groups in total. The van der Waals surface area contributed by atoms with Crippen LogP contribution in [0.25, 0.3) is 33.9 Å². The average Bonchev–Trinajstić information content (AvgIpc) is 3.42. The average molecular weight is 556 g/mol. The molecule has 9 nitrogen and oxygen atoms in total. The van der Waals surface area contributed by atoms with E-state index in [0.29, 0.717) is 24.6 Å². The predicted molar refractivity (Wildman–Crippen MR) is 163 cm³/mol. The van der Waals surface area contributed by atoms with Gasteiger partial charge in [0, 0.05) is 43.6 Å². The van der Waals surface area contributed by atoms with Gasteiger partial charge in [-0.05, 0) is 60.6 Å². The highest BCUT2D eigenvalue weighted by atomic mass is 16.5. The van der Waals surface area contributed by atoms with Crippen molar-refractivity contribution in [3.8, 4) is 34.4 Å². The molecule has 0 spiro atoms. The highest BCUT2D eigenvalue weighted by molar-refractivity contribution is 6.02. The lowest BCUT2D eigenvalue weighted by atomic mass is 10.1. The van der Waals surface area contributed by atoms with Crippen molar-refractivity contribution in [1.29, 1.82) is 5.26 Å². The minimum atomic E-state index is -0.245. The van der Waals surface area contributed by atoms with E-state index in [2.05, 4.69) is 20.9 Å². The number of amides is 1. The molecular weight excluding hydrogens is 526 g/mol. The van der Waals surface area contributed by atoms with Crippen LogP contribution in [0.3, 0.4) is 0 Å². The third kappa shape index (κ3) is 5.44. The Morgan fingerprint density at radius 2 is 1.69 bits per heavy atom. The van der Waals surface area contributed by atoms with Crippen LogP contribution in [-0.4, -0.2) is 63.5 Å². The molecule has 42 heavy (non-hydrogen) atoms. The minimum absolute atomic E-state index is 0.110. The number of hydrogen-bond donors (Lipinski definition) is 1. The predicted octanol–water partition coefficient (Wildman–Crippen LogP) is 5.14. The summed E-state index contributed by atoms with van der Waals surface area (Å²) in [7, 11) is 2.03. The van der Waals surface area contributed by atoms with Gasteiger partial charge in [-0.1, -0.05) is 42.5 Å². The maximum absolute atomic E-state index is 13.1. The molecule has 6 rings (SSSR count). The largest absolute Gasteiger partial charge is 0.457 e. The monoisotopic (exact) mass is 555 g/mol. The van der Waals surface area contributed by atoms with E-state index in [-0.39, 0.29) is 11.5 Å². The summed E-state index contributed by atoms with van der Waals surface area (Å²) in [6.07, 6.45) is 5.07. The highest BCUT2D eigenvalue weighted by Gasteiger charge is 2.22. The number of carbonyl (C=O) groups is 1. The van der Waals surface area contributed by atoms with E-state index in [1.807, 2.05) is 96.7 Å². The zero-order valence-corrected chi connectivity index (χ0v) is 23.1. The second-order valence-electron chi connectivity index (χ2n) is 10.2. The number of likely N-dealkylation sites (N-methyl/N-ethyl adjacent to an activating group) is 1. The zero-order valence-electron chi connectivity index (χ0n) is 23.1. The molecular formula is C33H29N7O2. The van der Waals surface area contributed by atoms with Crippen molar-refractivity contribution in [3.63, 3.8) is 0 Å². The van der Waals surface area contributed by atoms with E-state index < -0.39 is 0 Å². The van der Waals surface area contributed by atoms with Crippen molar-refractivity contribution in [2.45, 2.75) is 0 Å². The molecule has 0 bridgehead atoms. The molecule has 5 aromatic rings. The van der Waals surface area contributed by atoms with Crippen LogP contribution in [-0.2, 0) is 4.79 Å². The minimum Gasteiger partial charge on any atom is -0.457 e. The van der Waals surface area contributed by atoms with E-state index in [4.69, 9.17) is 10.5 Å². The number of piperazine rings is 1. The van der Waals surface area contributed by atoms with Crippen molar-refractivity contribution < 1.29 is 9.53 Å². The van der Waals surface area contributed by atoms with Crippen molar-refractivity contribution in [3.05, 3.63) is 103 Å². The number of ether oxygens (including phenoxy) is 1. The number of hydrogen-bond acceptors (Lipinski definition) is 7. The van der Waals surface area contributed by atoms with Crippen molar-refractivity contribution in [1.82, 2.24) is 24.3 Å². The molecule has 1 aliphatic heterocycles. The molecule has 2 aromatic heterocycles. The first-order chi connectivity index (χ1) is 20.5. The third-order valence-electron chi connectivity index (χ3n) is 7.36. The van der Waals surface area contributed by atoms with E-state index in [1.165, 1.54) is 6.33 Å². The first kappa shape index (κ1) is 26.7. The highest BCUT2D eigenvalue weighted by Crippen LogP contribution is 2.35. The molecule has 3 heterocycles. The number of rotatable bonds is 6. The van der Waals surface area contributed by atoms with Crippen molar-refractivity contribution in [2.75, 3.05) is 39.0 Å². The Morgan fingerprint density at radius 1 is 0.952 bits per heavy atom. The van der Waals surface area contributed by atoms with Crippen LogP contribution in [0.1, 0.15) is 5.56 Å². The van der Waals surface area contributed by atoms with Gasteiger partial charge in [0.1, 0.15) is 35.3 Å². The van der Waals surface area contributed by atoms with Gasteiger partial charge in [0.2, 0.25) is 0 Å². The van der Waals surface area contributed by atoms with Gasteiger partial charge in [-0.25, -0.2) is 9.97 Å². The molecule has 0 saturated carbocycles. The SMILES string of the molecule is CN1CCN(C(=O)/C(C#N)=C/c2cccc(-n3cc(-c4ccc(Oc5ccccc5)cc4)c4c(N)ncnc43)c2)CC1. The lowest BCUT2D eigenvalue weighted by Gasteiger charge is -2.32. The number of nitrogens with zero attached hydrogens (tertiary/aromatic N) is 6. The van der Waals surface area contributed by atoms with Gasteiger partial charge in [-0.2, -0.15) is 5.26 Å². The number of anilines is 1. The number of carbonyl (C=O) groups excluding carboxylic acids is 1. The number of benzene rings is 3. The van der Waals surface area contributed by atoms with Crippen LogP contribution in [0.2, 0.25) is 0 Å². The summed E-state index contributed by atoms with van der Waals surface area (Å²) >= 11 is 0. The Balaban J connectivity index is 1.33. The zero-order chi connectivity index (χ0) is 29.1. The molecule has 3 aromatic carbocycles. The summed E-state index contributed by atoms with van der Waals surface area (Å²) < 4.78 is 7.90. The maximum atomic E-state index is 13.1. The van der Waals surface area contributed by atoms with Crippen LogP contribution < -0.4 is 10.5 Å². The van der Waals surface area contributed by atoms with Crippen LogP contribution in [0.4, 0.5) is 5.82 Å². The standard InChI is InChI=1S/C33H29N7O2/c1-38-14-16-39(17-15-38)33(41)25(20-34)18-23-6-5-7-26(19-23)40-21-29(30-31(35)36-22-37-32(30)40)24-10-12-28(13-11-24)42-27-8-3-2-4-9-27/h2-13,18-19,21-22H,14-17H2,1H3,(H2,35,36,37)/b25-18+. The van der Waals surface area contributed by atoms with Gasteiger partial charge < -0.3 is 24.8 Å². The van der Waals surface area contributed by atoms with Gasteiger partial charge in [0.05, 0.1) is 5.39 Å². The normalized spacial score (nSPS) is 14.1. The molecule has 1 aliphatic rings. The maximum Gasteiger partial charge on any atom is 0.264 e. The van der Waals surface area contributed by atoms with E-state index in [9.17, 15) is 10.1 Å². The number of nitrogens with two attached hydrogens (primary N) is 1. The molecule has 208 valence electrons. The van der Waals surface area contributed by atoms with Crippen LogP contribution >= 0.6 is 0 Å². The fourth-order valence-corrected chi connectivity index (χ4v) is 5.08. The van der Waals surface area contributed by atoms with Gasteiger partial charge in [0.15, 0.2) is 5.65 Å². The number of nitrogen functional groups attached to an aromatic ring is 1. The molecule has 0 atom stereocenters. The summed E-state index contributed by atoms with van der Waals surface area (Å²) in [5, 5.41) is 10.5. The lowest BCUT2D eigenvalue weighted by Crippen LogP contribution is -2.47. The Hall–Kier alpha value is -5.46. The second-order valence-corrected chi connectivity index (χ2v) is 10.2. The molecule has 1 saturated heterocycles. The second kappa shape index (κ2) is 11.6. The van der Waals surface area contributed by atoms with Crippen LogP contribution in [0.15, 0.2) is 97.0 Å². The Labute approximate surface area is 243 Å². The summed E-state index contributed by atoms with van der Waals surface area (Å²) in [6, 6.07) is 27.1. The van der Waals surface area contributed by atoms with Gasteiger partial charge in [0.25, 0.3) is 5.91 Å². The third-order valence-corrected chi connectivity index (χ3v) is 7.36. The van der Waals surface area contributed by atoms with Crippen molar-refractivity contribution in [2.24, 2.45) is 0 Å². The van der Waals surface area contributed by atoms with Gasteiger partial charge in [-0.3, -0.25) is 4.79 Å². The number of aromatic nitrogens is 3. The Kier molecular flexibility index (Phi) is 7.37. The molecule has 9 heteroatoms. The summed E-state index contributed by atoms with van der Waals surface area (Å²) in [5.74, 6) is 1.61. The lowest BCUT2D eigenvalue weighted by molar-refractivity contribution is -0.128. The summed E-state index contributed by atoms with van der Waals surface area (Å²) in [6.45, 7) is 2.79. The quantitative estimate of drug-likeness (QED) is 0.228. The Bertz CT molecular complexity index is 1810. The topological polar surface area (TPSA) is 113 Å². The number of para-hydroxylation sites is 1. The number of fused-ring (bicyclic) bond motifs is 1. The smallest absolute Gasteiger partial charge is 0.264 e.